The normalized spacial score (nSPS) is 12.2. The van der Waals surface area contributed by atoms with Crippen LogP contribution in [0.5, 0.6) is 0 Å². The number of hydrogen-bond donors (Lipinski definition) is 1. The van der Waals surface area contributed by atoms with Crippen LogP contribution in [-0.4, -0.2) is 24.9 Å². The van der Waals surface area contributed by atoms with E-state index in [1.807, 2.05) is 0 Å². The van der Waals surface area contributed by atoms with Crippen LogP contribution >= 0.6 is 0 Å². The molecule has 0 fully saturated rings. The van der Waals surface area contributed by atoms with Crippen molar-refractivity contribution in [3.63, 3.8) is 0 Å². The van der Waals surface area contributed by atoms with Crippen LogP contribution in [0.2, 0.25) is 0 Å². The van der Waals surface area contributed by atoms with Crippen molar-refractivity contribution in [3.05, 3.63) is 35.4 Å². The molecule has 0 spiro atoms. The Morgan fingerprint density at radius 1 is 1.44 bits per heavy atom. The molecule has 16 heavy (non-hydrogen) atoms. The summed E-state index contributed by atoms with van der Waals surface area (Å²) in [7, 11) is 1.22. The minimum Gasteiger partial charge on any atom is -0.467 e. The number of aliphatic hydroxyl groups excluding tert-OH is 1. The van der Waals surface area contributed by atoms with Gasteiger partial charge in [0.1, 0.15) is 0 Å². The van der Waals surface area contributed by atoms with E-state index in [0.29, 0.717) is 18.4 Å². The van der Waals surface area contributed by atoms with Crippen molar-refractivity contribution in [1.29, 1.82) is 0 Å². The minimum absolute atomic E-state index is 0.341. The summed E-state index contributed by atoms with van der Waals surface area (Å²) in [6, 6.07) is 6.85. The maximum absolute atomic E-state index is 11.9. The lowest BCUT2D eigenvalue weighted by atomic mass is 10.0. The van der Waals surface area contributed by atoms with E-state index in [-0.39, 0.29) is 6.67 Å². The lowest BCUT2D eigenvalue weighted by molar-refractivity contribution is -0.150. The number of carbonyl (C=O) groups is 1. The summed E-state index contributed by atoms with van der Waals surface area (Å²) in [6.45, 7) is -0.341. The lowest BCUT2D eigenvalue weighted by Gasteiger charge is -2.09. The highest BCUT2D eigenvalue weighted by atomic mass is 19.1. The number of hydrogen-bond acceptors (Lipinski definition) is 3. The maximum Gasteiger partial charge on any atom is 0.339 e. The fraction of sp³-hybridized carbons (Fsp3) is 0.417. The number of carbonyl (C=O) groups excluding carboxylic acids is 1. The molecule has 0 saturated carbocycles. The van der Waals surface area contributed by atoms with Crippen LogP contribution in [0.4, 0.5) is 4.39 Å². The Kier molecular flexibility index (Phi) is 4.92. The van der Waals surface area contributed by atoms with E-state index in [0.717, 1.165) is 5.56 Å². The van der Waals surface area contributed by atoms with Gasteiger partial charge in [-0.15, -0.1) is 0 Å². The first-order chi connectivity index (χ1) is 7.69. The van der Waals surface area contributed by atoms with Crippen LogP contribution in [0.15, 0.2) is 24.3 Å². The molecule has 3 nitrogen and oxygen atoms in total. The number of aliphatic hydroxyl groups is 1. The average Bonchev–Trinajstić information content (AvgIpc) is 2.35. The Morgan fingerprint density at radius 2 is 2.06 bits per heavy atom. The van der Waals surface area contributed by atoms with Crippen molar-refractivity contribution in [2.75, 3.05) is 13.8 Å². The fourth-order valence-electron chi connectivity index (χ4n) is 1.39. The molecule has 0 radical (unpaired) electrons. The molecule has 0 saturated heterocycles. The number of rotatable bonds is 5. The molecule has 88 valence electrons. The zero-order valence-corrected chi connectivity index (χ0v) is 9.15. The molecule has 1 atom stereocenters. The van der Waals surface area contributed by atoms with Gasteiger partial charge < -0.3 is 9.84 Å². The van der Waals surface area contributed by atoms with Gasteiger partial charge in [0.05, 0.1) is 13.8 Å². The molecule has 4 heteroatoms. The van der Waals surface area contributed by atoms with Gasteiger partial charge in [-0.1, -0.05) is 24.3 Å². The average molecular weight is 226 g/mol. The number of aryl methyl sites for hydroxylation is 1. The van der Waals surface area contributed by atoms with Gasteiger partial charge >= 0.3 is 5.97 Å². The molecule has 0 aliphatic heterocycles. The van der Waals surface area contributed by atoms with Crippen LogP contribution in [-0.2, 0) is 16.0 Å². The molecule has 0 heterocycles. The summed E-state index contributed by atoms with van der Waals surface area (Å²) in [5.41, 5.74) is 1.47. The molecule has 1 aromatic rings. The maximum atomic E-state index is 11.9. The van der Waals surface area contributed by atoms with Gasteiger partial charge in [-0.3, -0.25) is 4.39 Å². The van der Waals surface area contributed by atoms with Crippen LogP contribution in [0.3, 0.4) is 0 Å². The fourth-order valence-corrected chi connectivity index (χ4v) is 1.39. The molecule has 0 bridgehead atoms. The van der Waals surface area contributed by atoms with E-state index in [4.69, 9.17) is 0 Å². The van der Waals surface area contributed by atoms with E-state index < -0.39 is 12.1 Å². The highest BCUT2D eigenvalue weighted by molar-refractivity contribution is 5.76. The summed E-state index contributed by atoms with van der Waals surface area (Å²) in [4.78, 5) is 11.0. The predicted octanol–water partition coefficient (Wildman–Crippen LogP) is 1.80. The second-order valence-electron chi connectivity index (χ2n) is 3.46. The van der Waals surface area contributed by atoms with Gasteiger partial charge in [-0.25, -0.2) is 4.79 Å². The minimum atomic E-state index is -1.25. The summed E-state index contributed by atoms with van der Waals surface area (Å²) in [5.74, 6) is -0.684. The number of ether oxygens (including phenoxy) is 1. The van der Waals surface area contributed by atoms with Crippen molar-refractivity contribution >= 4 is 5.97 Å². The topological polar surface area (TPSA) is 46.5 Å². The van der Waals surface area contributed by atoms with Gasteiger partial charge in [0, 0.05) is 0 Å². The van der Waals surface area contributed by atoms with E-state index in [1.54, 1.807) is 24.3 Å². The van der Waals surface area contributed by atoms with E-state index in [1.165, 1.54) is 7.11 Å². The van der Waals surface area contributed by atoms with Crippen LogP contribution in [0, 0.1) is 0 Å². The van der Waals surface area contributed by atoms with Crippen molar-refractivity contribution in [2.24, 2.45) is 0 Å². The second kappa shape index (κ2) is 6.23. The van der Waals surface area contributed by atoms with Crippen molar-refractivity contribution in [1.82, 2.24) is 0 Å². The van der Waals surface area contributed by atoms with Crippen molar-refractivity contribution < 1.29 is 19.0 Å². The summed E-state index contributed by atoms with van der Waals surface area (Å²) in [6.07, 6.45) is -0.107. The molecule has 0 aliphatic carbocycles. The molecular weight excluding hydrogens is 211 g/mol. The first-order valence-electron chi connectivity index (χ1n) is 5.09. The summed E-state index contributed by atoms with van der Waals surface area (Å²) < 4.78 is 16.4. The highest BCUT2D eigenvalue weighted by Gasteiger charge is 2.17. The van der Waals surface area contributed by atoms with E-state index in [2.05, 4.69) is 4.74 Å². The van der Waals surface area contributed by atoms with E-state index in [9.17, 15) is 14.3 Å². The Bertz CT molecular complexity index is 335. The van der Waals surface area contributed by atoms with E-state index >= 15 is 0 Å². The Hall–Kier alpha value is -1.42. The second-order valence-corrected chi connectivity index (χ2v) is 3.46. The molecule has 1 aromatic carbocycles. The third kappa shape index (κ3) is 3.31. The van der Waals surface area contributed by atoms with Crippen molar-refractivity contribution in [3.8, 4) is 0 Å². The lowest BCUT2D eigenvalue weighted by Crippen LogP contribution is -2.13. The molecule has 0 aliphatic rings. The van der Waals surface area contributed by atoms with Gasteiger partial charge in [0.15, 0.2) is 6.10 Å². The summed E-state index contributed by atoms with van der Waals surface area (Å²) >= 11 is 0. The molecule has 0 aromatic heterocycles. The Labute approximate surface area is 93.9 Å². The summed E-state index contributed by atoms with van der Waals surface area (Å²) in [5, 5.41) is 9.52. The predicted molar refractivity (Wildman–Crippen MR) is 57.7 cm³/mol. The van der Waals surface area contributed by atoms with Crippen LogP contribution in [0.1, 0.15) is 23.7 Å². The zero-order valence-electron chi connectivity index (χ0n) is 9.15. The Morgan fingerprint density at radius 3 is 2.56 bits per heavy atom. The van der Waals surface area contributed by atoms with Gasteiger partial charge in [-0.05, 0) is 24.0 Å². The largest absolute Gasteiger partial charge is 0.467 e. The standard InChI is InChI=1S/C12H15FO3/c1-16-12(15)11(14)10-6-4-9(5-7-10)3-2-8-13/h4-7,11,14H,2-3,8H2,1H3. The first-order valence-corrected chi connectivity index (χ1v) is 5.09. The molecular formula is C12H15FO3. The van der Waals surface area contributed by atoms with Gasteiger partial charge in [-0.2, -0.15) is 0 Å². The van der Waals surface area contributed by atoms with Gasteiger partial charge in [0.2, 0.25) is 0 Å². The van der Waals surface area contributed by atoms with Gasteiger partial charge in [0.25, 0.3) is 0 Å². The third-order valence-corrected chi connectivity index (χ3v) is 2.32. The van der Waals surface area contributed by atoms with Crippen molar-refractivity contribution in [2.45, 2.75) is 18.9 Å². The SMILES string of the molecule is COC(=O)C(O)c1ccc(CCCF)cc1. The number of alkyl halides is 1. The smallest absolute Gasteiger partial charge is 0.339 e. The monoisotopic (exact) mass is 226 g/mol. The molecule has 0 amide bonds. The van der Waals surface area contributed by atoms with Crippen LogP contribution < -0.4 is 0 Å². The highest BCUT2D eigenvalue weighted by Crippen LogP contribution is 2.15. The Balaban J connectivity index is 2.67. The number of benzene rings is 1. The number of esters is 1. The first kappa shape index (κ1) is 12.6. The quantitative estimate of drug-likeness (QED) is 0.779. The molecule has 1 rings (SSSR count). The number of halogens is 1. The molecule has 1 unspecified atom stereocenters. The van der Waals surface area contributed by atoms with Crippen LogP contribution in [0.25, 0.3) is 0 Å². The third-order valence-electron chi connectivity index (χ3n) is 2.32. The zero-order chi connectivity index (χ0) is 12.0. The molecule has 1 N–H and O–H groups in total. The number of methoxy groups -OCH3 is 1.